The van der Waals surface area contributed by atoms with Gasteiger partial charge in [-0.05, 0) is 39.5 Å². The maximum atomic E-state index is 11.3. The number of rotatable bonds is 5. The van der Waals surface area contributed by atoms with E-state index in [9.17, 15) is 4.79 Å². The van der Waals surface area contributed by atoms with Crippen LogP contribution in [0.2, 0.25) is 0 Å². The predicted molar refractivity (Wildman–Crippen MR) is 73.6 cm³/mol. The van der Waals surface area contributed by atoms with Crippen molar-refractivity contribution in [3.05, 3.63) is 12.2 Å². The summed E-state index contributed by atoms with van der Waals surface area (Å²) in [6.07, 6.45) is 6.18. The number of hydrogen-bond donors (Lipinski definition) is 2. The van der Waals surface area contributed by atoms with Crippen molar-refractivity contribution in [1.29, 1.82) is 0 Å². The standard InChI is InChI=1S/C14H26N2O2/c1-11-9-12(10-11)15-7-5-6-8-16-13(17)18-14(2,3)4/h5-6,11-12,15H,7-10H2,1-4H3,(H,16,17)/b6-5+. The summed E-state index contributed by atoms with van der Waals surface area (Å²) in [5.41, 5.74) is -0.434. The highest BCUT2D eigenvalue weighted by Crippen LogP contribution is 2.25. The minimum atomic E-state index is -0.434. The molecule has 0 aliphatic heterocycles. The van der Waals surface area contributed by atoms with Gasteiger partial charge in [-0.3, -0.25) is 0 Å². The van der Waals surface area contributed by atoms with Gasteiger partial charge in [-0.25, -0.2) is 4.79 Å². The topological polar surface area (TPSA) is 50.4 Å². The molecule has 0 radical (unpaired) electrons. The lowest BCUT2D eigenvalue weighted by Crippen LogP contribution is -2.40. The van der Waals surface area contributed by atoms with Crippen LogP contribution in [0, 0.1) is 5.92 Å². The fourth-order valence-corrected chi connectivity index (χ4v) is 1.93. The van der Waals surface area contributed by atoms with Crippen LogP contribution in [0.4, 0.5) is 4.79 Å². The minimum absolute atomic E-state index is 0.368. The Kier molecular flexibility index (Phi) is 5.66. The van der Waals surface area contributed by atoms with Crippen molar-refractivity contribution in [2.75, 3.05) is 13.1 Å². The second-order valence-electron chi connectivity index (χ2n) is 6.04. The van der Waals surface area contributed by atoms with E-state index in [1.165, 1.54) is 12.8 Å². The monoisotopic (exact) mass is 254 g/mol. The number of carbonyl (C=O) groups is 1. The first-order valence-electron chi connectivity index (χ1n) is 6.72. The van der Waals surface area contributed by atoms with Gasteiger partial charge >= 0.3 is 6.09 Å². The van der Waals surface area contributed by atoms with E-state index in [0.29, 0.717) is 12.6 Å². The molecule has 1 fully saturated rings. The van der Waals surface area contributed by atoms with Crippen LogP contribution in [0.1, 0.15) is 40.5 Å². The molecule has 0 atom stereocenters. The Morgan fingerprint density at radius 2 is 1.89 bits per heavy atom. The van der Waals surface area contributed by atoms with Crippen molar-refractivity contribution in [3.63, 3.8) is 0 Å². The first-order chi connectivity index (χ1) is 8.37. The molecule has 104 valence electrons. The predicted octanol–water partition coefficient (Wildman–Crippen LogP) is 2.46. The fourth-order valence-electron chi connectivity index (χ4n) is 1.93. The molecule has 1 rings (SSSR count). The minimum Gasteiger partial charge on any atom is -0.444 e. The summed E-state index contributed by atoms with van der Waals surface area (Å²) in [5.74, 6) is 0.875. The quantitative estimate of drug-likeness (QED) is 0.741. The molecule has 0 aromatic rings. The number of nitrogens with one attached hydrogen (secondary N) is 2. The summed E-state index contributed by atoms with van der Waals surface area (Å²) in [7, 11) is 0. The van der Waals surface area contributed by atoms with Gasteiger partial charge in [0.05, 0.1) is 0 Å². The van der Waals surface area contributed by atoms with Crippen molar-refractivity contribution in [1.82, 2.24) is 10.6 Å². The zero-order chi connectivity index (χ0) is 13.6. The average molecular weight is 254 g/mol. The van der Waals surface area contributed by atoms with Gasteiger partial charge < -0.3 is 15.4 Å². The highest BCUT2D eigenvalue weighted by Gasteiger charge is 2.23. The molecule has 0 bridgehead atoms. The van der Waals surface area contributed by atoms with Gasteiger partial charge in [0.2, 0.25) is 0 Å². The molecule has 1 aliphatic carbocycles. The Bertz CT molecular complexity index is 289. The molecule has 2 N–H and O–H groups in total. The van der Waals surface area contributed by atoms with Crippen molar-refractivity contribution in [3.8, 4) is 0 Å². The number of alkyl carbamates (subject to hydrolysis) is 1. The van der Waals surface area contributed by atoms with Crippen molar-refractivity contribution >= 4 is 6.09 Å². The molecule has 0 aromatic heterocycles. The molecule has 1 saturated carbocycles. The van der Waals surface area contributed by atoms with Gasteiger partial charge in [-0.1, -0.05) is 19.1 Å². The van der Waals surface area contributed by atoms with Gasteiger partial charge in [0.25, 0.3) is 0 Å². The third-order valence-electron chi connectivity index (χ3n) is 2.83. The van der Waals surface area contributed by atoms with E-state index in [1.54, 1.807) is 0 Å². The number of ether oxygens (including phenoxy) is 1. The maximum Gasteiger partial charge on any atom is 0.407 e. The third kappa shape index (κ3) is 6.64. The maximum absolute atomic E-state index is 11.3. The summed E-state index contributed by atoms with van der Waals surface area (Å²) in [5, 5.41) is 6.13. The van der Waals surface area contributed by atoms with E-state index >= 15 is 0 Å². The largest absolute Gasteiger partial charge is 0.444 e. The fraction of sp³-hybridized carbons (Fsp3) is 0.786. The van der Waals surface area contributed by atoms with Crippen LogP contribution < -0.4 is 10.6 Å². The van der Waals surface area contributed by atoms with Crippen LogP contribution in [0.25, 0.3) is 0 Å². The SMILES string of the molecule is CC1CC(NC/C=C/CNC(=O)OC(C)(C)C)C1. The van der Waals surface area contributed by atoms with E-state index < -0.39 is 5.60 Å². The number of carbonyl (C=O) groups excluding carboxylic acids is 1. The van der Waals surface area contributed by atoms with Crippen LogP contribution in [0.5, 0.6) is 0 Å². The van der Waals surface area contributed by atoms with E-state index in [0.717, 1.165) is 12.5 Å². The second kappa shape index (κ2) is 6.78. The number of hydrogen-bond acceptors (Lipinski definition) is 3. The Hall–Kier alpha value is -1.03. The molecular formula is C14H26N2O2. The normalized spacial score (nSPS) is 23.8. The van der Waals surface area contributed by atoms with E-state index in [-0.39, 0.29) is 6.09 Å². The lowest BCUT2D eigenvalue weighted by molar-refractivity contribution is 0.0534. The summed E-state index contributed by atoms with van der Waals surface area (Å²) in [6, 6.07) is 0.684. The van der Waals surface area contributed by atoms with Crippen LogP contribution in [-0.2, 0) is 4.74 Å². The van der Waals surface area contributed by atoms with Crippen LogP contribution >= 0.6 is 0 Å². The highest BCUT2D eigenvalue weighted by molar-refractivity contribution is 5.67. The van der Waals surface area contributed by atoms with Gasteiger partial charge in [0.1, 0.15) is 5.60 Å². The third-order valence-corrected chi connectivity index (χ3v) is 2.83. The zero-order valence-corrected chi connectivity index (χ0v) is 12.0. The van der Waals surface area contributed by atoms with Crippen LogP contribution in [0.15, 0.2) is 12.2 Å². The molecule has 4 heteroatoms. The lowest BCUT2D eigenvalue weighted by Gasteiger charge is -2.33. The Morgan fingerprint density at radius 1 is 1.28 bits per heavy atom. The summed E-state index contributed by atoms with van der Waals surface area (Å²) >= 11 is 0. The second-order valence-corrected chi connectivity index (χ2v) is 6.04. The van der Waals surface area contributed by atoms with E-state index in [1.807, 2.05) is 32.9 Å². The summed E-state index contributed by atoms with van der Waals surface area (Å²) in [4.78, 5) is 11.3. The molecule has 0 unspecified atom stereocenters. The van der Waals surface area contributed by atoms with E-state index in [2.05, 4.69) is 17.6 Å². The molecule has 4 nitrogen and oxygen atoms in total. The number of amides is 1. The highest BCUT2D eigenvalue weighted by atomic mass is 16.6. The van der Waals surface area contributed by atoms with E-state index in [4.69, 9.17) is 4.74 Å². The lowest BCUT2D eigenvalue weighted by atomic mass is 9.82. The Morgan fingerprint density at radius 3 is 2.44 bits per heavy atom. The Labute approximate surface area is 110 Å². The van der Waals surface area contributed by atoms with Gasteiger partial charge in [0.15, 0.2) is 0 Å². The summed E-state index contributed by atoms with van der Waals surface area (Å²) < 4.78 is 5.12. The smallest absolute Gasteiger partial charge is 0.407 e. The van der Waals surface area contributed by atoms with Crippen molar-refractivity contribution in [2.24, 2.45) is 5.92 Å². The molecule has 0 spiro atoms. The van der Waals surface area contributed by atoms with Crippen molar-refractivity contribution in [2.45, 2.75) is 52.2 Å². The Balaban J connectivity index is 1.98. The first-order valence-corrected chi connectivity index (χ1v) is 6.72. The van der Waals surface area contributed by atoms with Gasteiger partial charge in [-0.2, -0.15) is 0 Å². The van der Waals surface area contributed by atoms with Crippen LogP contribution in [-0.4, -0.2) is 30.8 Å². The molecular weight excluding hydrogens is 228 g/mol. The molecule has 1 amide bonds. The summed E-state index contributed by atoms with van der Waals surface area (Å²) in [6.45, 7) is 9.22. The first kappa shape index (κ1) is 15.0. The van der Waals surface area contributed by atoms with Crippen molar-refractivity contribution < 1.29 is 9.53 Å². The molecule has 1 aliphatic rings. The van der Waals surface area contributed by atoms with Gasteiger partial charge in [0, 0.05) is 19.1 Å². The molecule has 0 aromatic carbocycles. The average Bonchev–Trinajstić information content (AvgIpc) is 2.17. The van der Waals surface area contributed by atoms with Crippen LogP contribution in [0.3, 0.4) is 0 Å². The molecule has 0 saturated heterocycles. The zero-order valence-electron chi connectivity index (χ0n) is 12.0. The molecule has 0 heterocycles. The molecule has 18 heavy (non-hydrogen) atoms. The van der Waals surface area contributed by atoms with Gasteiger partial charge in [-0.15, -0.1) is 0 Å².